The molecule has 2 aromatic carbocycles. The Morgan fingerprint density at radius 1 is 1.24 bits per heavy atom. The zero-order valence-electron chi connectivity index (χ0n) is 15.7. The molecule has 4 nitrogen and oxygen atoms in total. The number of aryl methyl sites for hydroxylation is 1. The van der Waals surface area contributed by atoms with Crippen LogP contribution in [0, 0.1) is 5.82 Å². The molecule has 1 aliphatic heterocycles. The quantitative estimate of drug-likeness (QED) is 0.617. The fraction of sp³-hybridized carbons (Fsp3) is 0.217. The minimum absolute atomic E-state index is 0.115. The van der Waals surface area contributed by atoms with Crippen LogP contribution in [-0.4, -0.2) is 22.6 Å². The van der Waals surface area contributed by atoms with Crippen LogP contribution in [-0.2, 0) is 12.8 Å². The number of hydrogen-bond donors (Lipinski definition) is 2. The molecule has 3 aromatic rings. The number of rotatable bonds is 5. The van der Waals surface area contributed by atoms with Gasteiger partial charge in [0, 0.05) is 29.0 Å². The molecule has 1 aromatic heterocycles. The number of aromatic nitrogens is 1. The fourth-order valence-electron chi connectivity index (χ4n) is 3.94. The molecule has 0 amide bonds. The summed E-state index contributed by atoms with van der Waals surface area (Å²) in [6.45, 7) is 0.822. The molecule has 0 fully saturated rings. The molecular formula is C23H20ClFN2O2. The summed E-state index contributed by atoms with van der Waals surface area (Å²) in [5.74, 6) is -1.27. The number of carboxylic acids is 1. The van der Waals surface area contributed by atoms with E-state index in [0.29, 0.717) is 22.6 Å². The van der Waals surface area contributed by atoms with Gasteiger partial charge in [-0.2, -0.15) is 0 Å². The molecule has 0 spiro atoms. The molecule has 2 heterocycles. The van der Waals surface area contributed by atoms with Crippen LogP contribution in [0.2, 0.25) is 5.02 Å². The van der Waals surface area contributed by atoms with Crippen molar-refractivity contribution in [3.05, 3.63) is 88.0 Å². The lowest BCUT2D eigenvalue weighted by molar-refractivity contribution is 0.0695. The van der Waals surface area contributed by atoms with Gasteiger partial charge in [-0.1, -0.05) is 29.8 Å². The number of nitrogens with one attached hydrogen (secondary N) is 1. The lowest BCUT2D eigenvalue weighted by atomic mass is 9.88. The van der Waals surface area contributed by atoms with Gasteiger partial charge in [0.25, 0.3) is 0 Å². The van der Waals surface area contributed by atoms with Gasteiger partial charge < -0.3 is 10.4 Å². The van der Waals surface area contributed by atoms with Crippen molar-refractivity contribution in [2.75, 3.05) is 6.54 Å². The standard InChI is InChI=1S/C23H20ClFN2O2/c24-17-3-5-18(21(25)12-17)14-1-4-19-15(11-14)7-10-27-22(19)6-2-16-13-26-9-8-20(16)23(28)29/h1,3-5,8-9,11-13,22,27H,2,6-7,10H2,(H,28,29)/t22-/m0/s1. The second kappa shape index (κ2) is 8.31. The minimum Gasteiger partial charge on any atom is -0.478 e. The zero-order valence-corrected chi connectivity index (χ0v) is 16.4. The Morgan fingerprint density at radius 3 is 2.90 bits per heavy atom. The Balaban J connectivity index is 1.57. The summed E-state index contributed by atoms with van der Waals surface area (Å²) >= 11 is 5.87. The van der Waals surface area contributed by atoms with E-state index in [1.165, 1.54) is 29.5 Å². The van der Waals surface area contributed by atoms with Gasteiger partial charge in [0.2, 0.25) is 0 Å². The van der Waals surface area contributed by atoms with Crippen LogP contribution in [0.5, 0.6) is 0 Å². The summed E-state index contributed by atoms with van der Waals surface area (Å²) in [6.07, 6.45) is 5.36. The van der Waals surface area contributed by atoms with E-state index in [1.54, 1.807) is 18.3 Å². The summed E-state index contributed by atoms with van der Waals surface area (Å²) in [7, 11) is 0. The molecule has 0 aliphatic carbocycles. The van der Waals surface area contributed by atoms with Crippen molar-refractivity contribution in [3.8, 4) is 11.1 Å². The van der Waals surface area contributed by atoms with Gasteiger partial charge in [-0.3, -0.25) is 4.98 Å². The normalized spacial score (nSPS) is 15.7. The summed E-state index contributed by atoms with van der Waals surface area (Å²) in [5, 5.41) is 13.2. The molecule has 1 aliphatic rings. The van der Waals surface area contributed by atoms with E-state index >= 15 is 0 Å². The first-order valence-corrected chi connectivity index (χ1v) is 9.88. The number of pyridine rings is 1. The molecule has 148 valence electrons. The van der Waals surface area contributed by atoms with Gasteiger partial charge in [0.15, 0.2) is 0 Å². The average Bonchev–Trinajstić information content (AvgIpc) is 2.72. The number of hydrogen-bond acceptors (Lipinski definition) is 3. The van der Waals surface area contributed by atoms with E-state index in [-0.39, 0.29) is 11.9 Å². The number of aromatic carboxylic acids is 1. The van der Waals surface area contributed by atoms with E-state index in [1.807, 2.05) is 18.2 Å². The lowest BCUT2D eigenvalue weighted by Gasteiger charge is -2.28. The van der Waals surface area contributed by atoms with Crippen LogP contribution in [0.1, 0.15) is 39.5 Å². The van der Waals surface area contributed by atoms with Crippen molar-refractivity contribution in [1.29, 1.82) is 0 Å². The number of carboxylic acid groups (broad SMARTS) is 1. The zero-order chi connectivity index (χ0) is 20.4. The van der Waals surface area contributed by atoms with E-state index < -0.39 is 5.97 Å². The highest BCUT2D eigenvalue weighted by Gasteiger charge is 2.21. The van der Waals surface area contributed by atoms with Crippen LogP contribution in [0.25, 0.3) is 11.1 Å². The number of nitrogens with zero attached hydrogens (tertiary/aromatic N) is 1. The van der Waals surface area contributed by atoms with E-state index in [2.05, 4.69) is 10.3 Å². The van der Waals surface area contributed by atoms with Crippen molar-refractivity contribution in [1.82, 2.24) is 10.3 Å². The van der Waals surface area contributed by atoms with E-state index in [4.69, 9.17) is 11.6 Å². The summed E-state index contributed by atoms with van der Waals surface area (Å²) in [4.78, 5) is 15.5. The monoisotopic (exact) mass is 410 g/mol. The highest BCUT2D eigenvalue weighted by atomic mass is 35.5. The molecule has 0 radical (unpaired) electrons. The smallest absolute Gasteiger partial charge is 0.336 e. The number of benzene rings is 2. The summed E-state index contributed by atoms with van der Waals surface area (Å²) in [5.41, 5.74) is 4.76. The molecule has 2 N–H and O–H groups in total. The third-order valence-corrected chi connectivity index (χ3v) is 5.62. The third-order valence-electron chi connectivity index (χ3n) is 5.38. The Hall–Kier alpha value is -2.76. The van der Waals surface area contributed by atoms with Gasteiger partial charge in [0.1, 0.15) is 5.82 Å². The Morgan fingerprint density at radius 2 is 2.10 bits per heavy atom. The van der Waals surface area contributed by atoms with Gasteiger partial charge in [0.05, 0.1) is 5.56 Å². The molecule has 0 saturated carbocycles. The second-order valence-corrected chi connectivity index (χ2v) is 7.61. The first-order chi connectivity index (χ1) is 14.0. The molecule has 29 heavy (non-hydrogen) atoms. The Bertz CT molecular complexity index is 1070. The predicted octanol–water partition coefficient (Wildman–Crippen LogP) is 5.06. The molecule has 1 atom stereocenters. The summed E-state index contributed by atoms with van der Waals surface area (Å²) in [6, 6.07) is 12.4. The average molecular weight is 411 g/mol. The lowest BCUT2D eigenvalue weighted by Crippen LogP contribution is -2.30. The molecule has 0 saturated heterocycles. The van der Waals surface area contributed by atoms with Crippen molar-refractivity contribution < 1.29 is 14.3 Å². The maximum Gasteiger partial charge on any atom is 0.336 e. The fourth-order valence-corrected chi connectivity index (χ4v) is 4.10. The van der Waals surface area contributed by atoms with E-state index in [9.17, 15) is 14.3 Å². The van der Waals surface area contributed by atoms with Crippen LogP contribution in [0.4, 0.5) is 4.39 Å². The Kier molecular flexibility index (Phi) is 5.60. The van der Waals surface area contributed by atoms with Crippen molar-refractivity contribution in [2.45, 2.75) is 25.3 Å². The minimum atomic E-state index is -0.936. The van der Waals surface area contributed by atoms with Crippen molar-refractivity contribution in [2.24, 2.45) is 0 Å². The van der Waals surface area contributed by atoms with Crippen LogP contribution in [0.15, 0.2) is 54.9 Å². The summed E-state index contributed by atoms with van der Waals surface area (Å²) < 4.78 is 14.3. The van der Waals surface area contributed by atoms with Gasteiger partial charge >= 0.3 is 5.97 Å². The molecule has 0 bridgehead atoms. The SMILES string of the molecule is O=C(O)c1ccncc1CC[C@@H]1NCCc2cc(-c3ccc(Cl)cc3F)ccc21. The highest BCUT2D eigenvalue weighted by molar-refractivity contribution is 6.30. The molecule has 6 heteroatoms. The number of carbonyl (C=O) groups is 1. The number of fused-ring (bicyclic) bond motifs is 1. The largest absolute Gasteiger partial charge is 0.478 e. The number of halogens is 2. The third kappa shape index (κ3) is 4.16. The van der Waals surface area contributed by atoms with Gasteiger partial charge in [-0.25, -0.2) is 9.18 Å². The molecular weight excluding hydrogens is 391 g/mol. The maximum atomic E-state index is 14.3. The topological polar surface area (TPSA) is 62.2 Å². The first-order valence-electron chi connectivity index (χ1n) is 9.51. The highest BCUT2D eigenvalue weighted by Crippen LogP contribution is 2.32. The molecule has 4 rings (SSSR count). The first kappa shape index (κ1) is 19.6. The van der Waals surface area contributed by atoms with Gasteiger partial charge in [-0.15, -0.1) is 0 Å². The van der Waals surface area contributed by atoms with E-state index in [0.717, 1.165) is 30.5 Å². The predicted molar refractivity (Wildman–Crippen MR) is 111 cm³/mol. The van der Waals surface area contributed by atoms with Gasteiger partial charge in [-0.05, 0) is 72.3 Å². The van der Waals surface area contributed by atoms with Crippen LogP contribution in [0.3, 0.4) is 0 Å². The van der Waals surface area contributed by atoms with Crippen molar-refractivity contribution in [3.63, 3.8) is 0 Å². The Labute approximate surface area is 173 Å². The van der Waals surface area contributed by atoms with Crippen molar-refractivity contribution >= 4 is 17.6 Å². The van der Waals surface area contributed by atoms with Crippen LogP contribution < -0.4 is 5.32 Å². The second-order valence-electron chi connectivity index (χ2n) is 7.17. The molecule has 0 unspecified atom stereocenters. The maximum absolute atomic E-state index is 14.3. The van der Waals surface area contributed by atoms with Crippen LogP contribution >= 0.6 is 11.6 Å².